The van der Waals surface area contributed by atoms with Gasteiger partial charge in [0.05, 0.1) is 5.88 Å². The third-order valence-corrected chi connectivity index (χ3v) is 3.38. The van der Waals surface area contributed by atoms with Crippen LogP contribution in [0.15, 0.2) is 54.6 Å². The lowest BCUT2D eigenvalue weighted by atomic mass is 10.1. The van der Waals surface area contributed by atoms with Crippen molar-refractivity contribution >= 4 is 11.6 Å². The molecule has 1 heterocycles. The molecule has 0 bridgehead atoms. The fraction of sp³-hybridized carbons (Fsp3) is 0.125. The number of halogens is 1. The lowest BCUT2D eigenvalue weighted by Gasteiger charge is -2.09. The highest BCUT2D eigenvalue weighted by Gasteiger charge is 2.14. The van der Waals surface area contributed by atoms with Crippen LogP contribution in [0.2, 0.25) is 0 Å². The van der Waals surface area contributed by atoms with Crippen molar-refractivity contribution in [2.24, 2.45) is 0 Å². The molecule has 100 valence electrons. The van der Waals surface area contributed by atoms with Gasteiger partial charge in [-0.3, -0.25) is 4.57 Å². The largest absolute Gasteiger partial charge is 0.278 e. The van der Waals surface area contributed by atoms with E-state index in [4.69, 9.17) is 11.6 Å². The molecular weight excluding hydrogens is 270 g/mol. The van der Waals surface area contributed by atoms with E-state index in [1.807, 2.05) is 47.0 Å². The maximum absolute atomic E-state index is 5.99. The molecule has 3 nitrogen and oxygen atoms in total. The summed E-state index contributed by atoms with van der Waals surface area (Å²) in [6.07, 6.45) is 0. The molecule has 20 heavy (non-hydrogen) atoms. The summed E-state index contributed by atoms with van der Waals surface area (Å²) in [7, 11) is 0. The van der Waals surface area contributed by atoms with Gasteiger partial charge in [0.25, 0.3) is 0 Å². The van der Waals surface area contributed by atoms with Gasteiger partial charge >= 0.3 is 0 Å². The summed E-state index contributed by atoms with van der Waals surface area (Å²) in [4.78, 5) is 0. The van der Waals surface area contributed by atoms with Gasteiger partial charge in [-0.15, -0.1) is 21.8 Å². The van der Waals surface area contributed by atoms with Crippen LogP contribution in [0, 0.1) is 6.92 Å². The lowest BCUT2D eigenvalue weighted by molar-refractivity contribution is 0.953. The Morgan fingerprint density at radius 2 is 1.80 bits per heavy atom. The number of aryl methyl sites for hydroxylation is 1. The Balaban J connectivity index is 2.20. The van der Waals surface area contributed by atoms with E-state index in [0.29, 0.717) is 5.88 Å². The van der Waals surface area contributed by atoms with E-state index in [2.05, 4.69) is 29.3 Å². The summed E-state index contributed by atoms with van der Waals surface area (Å²) in [5, 5.41) is 8.50. The Labute approximate surface area is 122 Å². The first-order valence-corrected chi connectivity index (χ1v) is 6.96. The van der Waals surface area contributed by atoms with Crippen molar-refractivity contribution in [3.8, 4) is 17.1 Å². The number of hydrogen-bond acceptors (Lipinski definition) is 2. The molecule has 0 saturated heterocycles. The van der Waals surface area contributed by atoms with Gasteiger partial charge in [0, 0.05) is 11.3 Å². The molecule has 0 radical (unpaired) electrons. The van der Waals surface area contributed by atoms with Crippen molar-refractivity contribution in [1.82, 2.24) is 14.8 Å². The normalized spacial score (nSPS) is 10.7. The van der Waals surface area contributed by atoms with Gasteiger partial charge in [0.15, 0.2) is 11.6 Å². The third kappa shape index (κ3) is 2.32. The zero-order valence-corrected chi connectivity index (χ0v) is 11.9. The fourth-order valence-electron chi connectivity index (χ4n) is 2.22. The Morgan fingerprint density at radius 1 is 1.00 bits per heavy atom. The van der Waals surface area contributed by atoms with Gasteiger partial charge in [0.1, 0.15) is 0 Å². The zero-order valence-electron chi connectivity index (χ0n) is 11.1. The minimum absolute atomic E-state index is 0.327. The minimum atomic E-state index is 0.327. The van der Waals surface area contributed by atoms with Crippen LogP contribution in [-0.4, -0.2) is 14.8 Å². The van der Waals surface area contributed by atoms with E-state index in [1.54, 1.807) is 0 Å². The van der Waals surface area contributed by atoms with Crippen LogP contribution < -0.4 is 0 Å². The SMILES string of the molecule is Cc1cccc(-c2nnc(CCl)n2-c2ccccc2)c1. The second-order valence-corrected chi connectivity index (χ2v) is 4.88. The van der Waals surface area contributed by atoms with Crippen molar-refractivity contribution in [1.29, 1.82) is 0 Å². The quantitative estimate of drug-likeness (QED) is 0.681. The second kappa shape index (κ2) is 5.47. The molecule has 0 N–H and O–H groups in total. The zero-order chi connectivity index (χ0) is 13.9. The first-order valence-electron chi connectivity index (χ1n) is 6.42. The van der Waals surface area contributed by atoms with Crippen molar-refractivity contribution in [2.45, 2.75) is 12.8 Å². The molecule has 0 fully saturated rings. The molecule has 3 rings (SSSR count). The number of nitrogens with zero attached hydrogens (tertiary/aromatic N) is 3. The van der Waals surface area contributed by atoms with Crippen LogP contribution in [0.3, 0.4) is 0 Å². The van der Waals surface area contributed by atoms with Crippen LogP contribution >= 0.6 is 11.6 Å². The second-order valence-electron chi connectivity index (χ2n) is 4.61. The molecule has 0 saturated carbocycles. The van der Waals surface area contributed by atoms with Crippen molar-refractivity contribution in [3.63, 3.8) is 0 Å². The van der Waals surface area contributed by atoms with Crippen LogP contribution in [0.4, 0.5) is 0 Å². The monoisotopic (exact) mass is 283 g/mol. The number of alkyl halides is 1. The Bertz CT molecular complexity index is 720. The highest BCUT2D eigenvalue weighted by Crippen LogP contribution is 2.24. The van der Waals surface area contributed by atoms with E-state index in [9.17, 15) is 0 Å². The smallest absolute Gasteiger partial charge is 0.168 e. The summed E-state index contributed by atoms with van der Waals surface area (Å²) in [6.45, 7) is 2.06. The van der Waals surface area contributed by atoms with Crippen LogP contribution in [0.25, 0.3) is 17.1 Å². The maximum Gasteiger partial charge on any atom is 0.168 e. The molecular formula is C16H14ClN3. The summed E-state index contributed by atoms with van der Waals surface area (Å²) in [6, 6.07) is 18.2. The van der Waals surface area contributed by atoms with Crippen LogP contribution in [-0.2, 0) is 5.88 Å². The topological polar surface area (TPSA) is 30.7 Å². The van der Waals surface area contributed by atoms with Crippen molar-refractivity contribution in [3.05, 3.63) is 66.0 Å². The van der Waals surface area contributed by atoms with Crippen LogP contribution in [0.5, 0.6) is 0 Å². The van der Waals surface area contributed by atoms with Gasteiger partial charge in [-0.05, 0) is 25.1 Å². The average molecular weight is 284 g/mol. The Morgan fingerprint density at radius 3 is 2.50 bits per heavy atom. The molecule has 0 aliphatic rings. The van der Waals surface area contributed by atoms with Gasteiger partial charge < -0.3 is 0 Å². The number of rotatable bonds is 3. The molecule has 3 aromatic rings. The van der Waals surface area contributed by atoms with E-state index in [0.717, 1.165) is 22.9 Å². The van der Waals surface area contributed by atoms with E-state index in [1.165, 1.54) is 5.56 Å². The number of benzene rings is 2. The minimum Gasteiger partial charge on any atom is -0.278 e. The molecule has 0 atom stereocenters. The van der Waals surface area contributed by atoms with Crippen molar-refractivity contribution < 1.29 is 0 Å². The standard InChI is InChI=1S/C16H14ClN3/c1-12-6-5-7-13(10-12)16-19-18-15(11-17)20(16)14-8-3-2-4-9-14/h2-10H,11H2,1H3. The molecule has 0 amide bonds. The first-order chi connectivity index (χ1) is 9.79. The molecule has 1 aromatic heterocycles. The predicted molar refractivity (Wildman–Crippen MR) is 81.1 cm³/mol. The molecule has 2 aromatic carbocycles. The number of para-hydroxylation sites is 1. The molecule has 0 spiro atoms. The van der Waals surface area contributed by atoms with E-state index >= 15 is 0 Å². The van der Waals surface area contributed by atoms with E-state index in [-0.39, 0.29) is 0 Å². The summed E-state index contributed by atoms with van der Waals surface area (Å²) < 4.78 is 2.00. The predicted octanol–water partition coefficient (Wildman–Crippen LogP) is 3.98. The first kappa shape index (κ1) is 12.9. The highest BCUT2D eigenvalue weighted by atomic mass is 35.5. The highest BCUT2D eigenvalue weighted by molar-refractivity contribution is 6.16. The average Bonchev–Trinajstić information content (AvgIpc) is 2.92. The Hall–Kier alpha value is -2.13. The summed E-state index contributed by atoms with van der Waals surface area (Å²) >= 11 is 5.99. The number of aromatic nitrogens is 3. The van der Waals surface area contributed by atoms with E-state index < -0.39 is 0 Å². The summed E-state index contributed by atoms with van der Waals surface area (Å²) in [5.74, 6) is 1.89. The van der Waals surface area contributed by atoms with Gasteiger partial charge in [-0.2, -0.15) is 0 Å². The molecule has 4 heteroatoms. The van der Waals surface area contributed by atoms with Gasteiger partial charge in [-0.1, -0.05) is 42.0 Å². The third-order valence-electron chi connectivity index (χ3n) is 3.14. The van der Waals surface area contributed by atoms with Crippen molar-refractivity contribution in [2.75, 3.05) is 0 Å². The molecule has 0 aliphatic carbocycles. The number of hydrogen-bond donors (Lipinski definition) is 0. The lowest BCUT2D eigenvalue weighted by Crippen LogP contribution is -2.01. The maximum atomic E-state index is 5.99. The Kier molecular flexibility index (Phi) is 3.52. The van der Waals surface area contributed by atoms with Gasteiger partial charge in [-0.25, -0.2) is 0 Å². The molecule has 0 aliphatic heterocycles. The molecule has 0 unspecified atom stereocenters. The fourth-order valence-corrected chi connectivity index (χ4v) is 2.40. The van der Waals surface area contributed by atoms with Gasteiger partial charge in [0.2, 0.25) is 0 Å². The summed E-state index contributed by atoms with van der Waals surface area (Å²) in [5.41, 5.74) is 3.25. The van der Waals surface area contributed by atoms with Crippen LogP contribution in [0.1, 0.15) is 11.4 Å².